The first-order valence-corrected chi connectivity index (χ1v) is 10.5. The molecule has 1 fully saturated rings. The van der Waals surface area contributed by atoms with Gasteiger partial charge in [0.2, 0.25) is 0 Å². The number of hydrogen-bond acceptors (Lipinski definition) is 6. The number of morpholine rings is 1. The number of furan rings is 1. The number of aryl methyl sites for hydroxylation is 2. The molecule has 1 aliphatic rings. The third-order valence-corrected chi connectivity index (χ3v) is 6.31. The lowest BCUT2D eigenvalue weighted by atomic mass is 10.1. The number of amides is 1. The van der Waals surface area contributed by atoms with Crippen LogP contribution in [0.25, 0.3) is 10.2 Å². The highest BCUT2D eigenvalue weighted by Gasteiger charge is 2.24. The second kappa shape index (κ2) is 9.71. The minimum atomic E-state index is -0.138. The molecular formula is C21H26ClN3O3S. The van der Waals surface area contributed by atoms with Gasteiger partial charge in [0.05, 0.1) is 29.7 Å². The monoisotopic (exact) mass is 435 g/mol. The zero-order chi connectivity index (χ0) is 19.5. The zero-order valence-electron chi connectivity index (χ0n) is 16.7. The van der Waals surface area contributed by atoms with E-state index in [0.29, 0.717) is 12.3 Å². The zero-order valence-corrected chi connectivity index (χ0v) is 18.4. The van der Waals surface area contributed by atoms with E-state index in [1.165, 1.54) is 11.8 Å². The maximum Gasteiger partial charge on any atom is 0.295 e. The predicted octanol–water partition coefficient (Wildman–Crippen LogP) is 4.30. The van der Waals surface area contributed by atoms with Crippen molar-refractivity contribution in [2.75, 3.05) is 44.3 Å². The lowest BCUT2D eigenvalue weighted by molar-refractivity contribution is 0.0376. The van der Waals surface area contributed by atoms with Crippen LogP contribution >= 0.6 is 23.7 Å². The molecule has 0 N–H and O–H groups in total. The van der Waals surface area contributed by atoms with Crippen molar-refractivity contribution < 1.29 is 13.9 Å². The molecule has 3 heterocycles. The molecule has 156 valence electrons. The predicted molar refractivity (Wildman–Crippen MR) is 119 cm³/mol. The van der Waals surface area contributed by atoms with Gasteiger partial charge in [-0.25, -0.2) is 4.98 Å². The van der Waals surface area contributed by atoms with Crippen molar-refractivity contribution in [3.05, 3.63) is 47.4 Å². The fourth-order valence-electron chi connectivity index (χ4n) is 3.46. The van der Waals surface area contributed by atoms with Crippen molar-refractivity contribution in [3.63, 3.8) is 0 Å². The lowest BCUT2D eigenvalue weighted by Gasteiger charge is -2.27. The van der Waals surface area contributed by atoms with E-state index in [-0.39, 0.29) is 18.3 Å². The Kier molecular flexibility index (Phi) is 7.29. The summed E-state index contributed by atoms with van der Waals surface area (Å²) >= 11 is 1.58. The molecule has 0 saturated carbocycles. The third kappa shape index (κ3) is 4.80. The van der Waals surface area contributed by atoms with Crippen molar-refractivity contribution in [3.8, 4) is 0 Å². The molecule has 0 bridgehead atoms. The first kappa shape index (κ1) is 21.8. The molecule has 0 spiro atoms. The average molecular weight is 436 g/mol. The van der Waals surface area contributed by atoms with Crippen LogP contribution in [0.15, 0.2) is 34.9 Å². The van der Waals surface area contributed by atoms with Gasteiger partial charge in [-0.2, -0.15) is 0 Å². The Morgan fingerprint density at radius 3 is 2.66 bits per heavy atom. The number of halogens is 1. The highest BCUT2D eigenvalue weighted by molar-refractivity contribution is 7.22. The molecule has 0 radical (unpaired) electrons. The van der Waals surface area contributed by atoms with Crippen molar-refractivity contribution in [2.45, 2.75) is 20.3 Å². The summed E-state index contributed by atoms with van der Waals surface area (Å²) in [4.78, 5) is 22.1. The van der Waals surface area contributed by atoms with Crippen molar-refractivity contribution in [1.29, 1.82) is 0 Å². The summed E-state index contributed by atoms with van der Waals surface area (Å²) in [6.45, 7) is 9.15. The van der Waals surface area contributed by atoms with E-state index in [1.807, 2.05) is 0 Å². The number of nitrogens with zero attached hydrogens (tertiary/aromatic N) is 3. The summed E-state index contributed by atoms with van der Waals surface area (Å²) in [6.07, 6.45) is 2.41. The van der Waals surface area contributed by atoms with Gasteiger partial charge in [-0.1, -0.05) is 23.5 Å². The first-order valence-electron chi connectivity index (χ1n) is 9.65. The van der Waals surface area contributed by atoms with E-state index >= 15 is 0 Å². The van der Waals surface area contributed by atoms with Crippen LogP contribution in [-0.2, 0) is 4.74 Å². The molecule has 4 rings (SSSR count). The Morgan fingerprint density at radius 2 is 1.97 bits per heavy atom. The molecule has 8 heteroatoms. The number of rotatable bonds is 6. The second-order valence-corrected chi connectivity index (χ2v) is 8.09. The number of thiazole rings is 1. The third-order valence-electron chi connectivity index (χ3n) is 5.10. The number of fused-ring (bicyclic) bond motifs is 1. The van der Waals surface area contributed by atoms with E-state index in [4.69, 9.17) is 14.1 Å². The van der Waals surface area contributed by atoms with Crippen molar-refractivity contribution in [1.82, 2.24) is 9.88 Å². The maximum absolute atomic E-state index is 13.1. The summed E-state index contributed by atoms with van der Waals surface area (Å²) in [5.74, 6) is 0.209. The minimum absolute atomic E-state index is 0. The van der Waals surface area contributed by atoms with Crippen molar-refractivity contribution in [2.24, 2.45) is 0 Å². The minimum Gasteiger partial charge on any atom is -0.459 e. The number of carbonyl (C=O) groups excluding carboxylic acids is 1. The van der Waals surface area contributed by atoms with Gasteiger partial charge in [-0.05, 0) is 43.5 Å². The van der Waals surface area contributed by atoms with Gasteiger partial charge in [-0.3, -0.25) is 14.6 Å². The summed E-state index contributed by atoms with van der Waals surface area (Å²) in [5.41, 5.74) is 3.29. The fraction of sp³-hybridized carbons (Fsp3) is 0.429. The first-order chi connectivity index (χ1) is 13.6. The summed E-state index contributed by atoms with van der Waals surface area (Å²) in [5, 5.41) is 0.732. The molecule has 6 nitrogen and oxygen atoms in total. The Labute approximate surface area is 180 Å². The van der Waals surface area contributed by atoms with Gasteiger partial charge in [-0.15, -0.1) is 12.4 Å². The Hall–Kier alpha value is -1.93. The van der Waals surface area contributed by atoms with Crippen molar-refractivity contribution >= 4 is 45.0 Å². The van der Waals surface area contributed by atoms with E-state index in [9.17, 15) is 4.79 Å². The van der Waals surface area contributed by atoms with Gasteiger partial charge >= 0.3 is 0 Å². The summed E-state index contributed by atoms with van der Waals surface area (Å²) < 4.78 is 11.9. The highest BCUT2D eigenvalue weighted by atomic mass is 35.5. The van der Waals surface area contributed by atoms with E-state index in [2.05, 4.69) is 30.9 Å². The molecule has 0 atom stereocenters. The number of carbonyl (C=O) groups is 1. The van der Waals surface area contributed by atoms with Gasteiger partial charge in [0.15, 0.2) is 10.9 Å². The Balaban J connectivity index is 0.00000240. The average Bonchev–Trinajstić information content (AvgIpc) is 3.39. The summed E-state index contributed by atoms with van der Waals surface area (Å²) in [6, 6.07) is 7.64. The highest BCUT2D eigenvalue weighted by Crippen LogP contribution is 2.33. The smallest absolute Gasteiger partial charge is 0.295 e. The molecule has 29 heavy (non-hydrogen) atoms. The van der Waals surface area contributed by atoms with Crippen LogP contribution in [0, 0.1) is 13.8 Å². The molecule has 1 saturated heterocycles. The van der Waals surface area contributed by atoms with Gasteiger partial charge in [0.1, 0.15) is 0 Å². The molecule has 1 amide bonds. The van der Waals surface area contributed by atoms with Gasteiger partial charge < -0.3 is 9.15 Å². The van der Waals surface area contributed by atoms with Crippen LogP contribution in [0.5, 0.6) is 0 Å². The van der Waals surface area contributed by atoms with Gasteiger partial charge in [0.25, 0.3) is 5.91 Å². The normalized spacial score (nSPS) is 14.7. The van der Waals surface area contributed by atoms with E-state index < -0.39 is 0 Å². The lowest BCUT2D eigenvalue weighted by Crippen LogP contribution is -2.39. The number of ether oxygens (including phenoxy) is 1. The van der Waals surface area contributed by atoms with Crippen LogP contribution in [-0.4, -0.2) is 55.2 Å². The standard InChI is InChI=1S/C21H25N3O3S.ClH/c1-15-6-7-16(2)19-18(15)22-21(28-19)24(20(25)17-5-3-12-27-17)9-4-8-23-10-13-26-14-11-23;/h3,5-7,12H,4,8-11,13-14H2,1-2H3;1H. The molecular weight excluding hydrogens is 410 g/mol. The van der Waals surface area contributed by atoms with Crippen LogP contribution in [0.2, 0.25) is 0 Å². The van der Waals surface area contributed by atoms with Gasteiger partial charge in [0, 0.05) is 26.2 Å². The topological polar surface area (TPSA) is 58.8 Å². The molecule has 3 aromatic rings. The van der Waals surface area contributed by atoms with Crippen LogP contribution in [0.1, 0.15) is 28.1 Å². The largest absolute Gasteiger partial charge is 0.459 e. The number of aromatic nitrogens is 1. The maximum atomic E-state index is 13.1. The van der Waals surface area contributed by atoms with Crippen LogP contribution in [0.3, 0.4) is 0 Å². The molecule has 2 aromatic heterocycles. The summed E-state index contributed by atoms with van der Waals surface area (Å²) in [7, 11) is 0. The van der Waals surface area contributed by atoms with Crippen LogP contribution < -0.4 is 4.90 Å². The quantitative estimate of drug-likeness (QED) is 0.577. The number of anilines is 1. The molecule has 1 aromatic carbocycles. The SMILES string of the molecule is Cc1ccc(C)c2sc(N(CCCN3CCOCC3)C(=O)c3ccco3)nc12.Cl. The van der Waals surface area contributed by atoms with E-state index in [0.717, 1.165) is 60.2 Å². The molecule has 0 aliphatic carbocycles. The molecule has 1 aliphatic heterocycles. The fourth-order valence-corrected chi connectivity index (χ4v) is 4.59. The van der Waals surface area contributed by atoms with E-state index in [1.54, 1.807) is 28.4 Å². The number of hydrogen-bond donors (Lipinski definition) is 0. The van der Waals surface area contributed by atoms with Crippen LogP contribution in [0.4, 0.5) is 5.13 Å². The molecule has 0 unspecified atom stereocenters. The second-order valence-electron chi connectivity index (χ2n) is 7.12. The Bertz CT molecular complexity index is 913. The Morgan fingerprint density at radius 1 is 1.21 bits per heavy atom. The number of benzene rings is 1.